The highest BCUT2D eigenvalue weighted by Gasteiger charge is 2.23. The fourth-order valence-electron chi connectivity index (χ4n) is 8.21. The van der Waals surface area contributed by atoms with Crippen molar-refractivity contribution in [3.05, 3.63) is 200 Å². The lowest BCUT2D eigenvalue weighted by Crippen LogP contribution is -2.11. The molecule has 55 heavy (non-hydrogen) atoms. The van der Waals surface area contributed by atoms with E-state index in [4.69, 9.17) is 8.83 Å². The molecule has 0 fully saturated rings. The summed E-state index contributed by atoms with van der Waals surface area (Å²) in [6.07, 6.45) is 0. The molecule has 3 heteroatoms. The maximum absolute atomic E-state index is 6.89. The van der Waals surface area contributed by atoms with E-state index < -0.39 is 0 Å². The average molecular weight is 704 g/mol. The molecule has 0 saturated heterocycles. The normalized spacial score (nSPS) is 11.6. The predicted octanol–water partition coefficient (Wildman–Crippen LogP) is 15.1. The molecule has 3 nitrogen and oxygen atoms in total. The van der Waals surface area contributed by atoms with Crippen molar-refractivity contribution in [1.29, 1.82) is 0 Å². The van der Waals surface area contributed by atoms with Crippen LogP contribution >= 0.6 is 0 Å². The van der Waals surface area contributed by atoms with Crippen molar-refractivity contribution in [2.24, 2.45) is 0 Å². The van der Waals surface area contributed by atoms with Crippen molar-refractivity contribution in [1.82, 2.24) is 0 Å². The van der Waals surface area contributed by atoms with E-state index in [2.05, 4.69) is 193 Å². The first-order chi connectivity index (χ1) is 27.3. The molecule has 11 aromatic rings. The Hall–Kier alpha value is -7.36. The summed E-state index contributed by atoms with van der Waals surface area (Å²) in [6, 6.07) is 70.9. The van der Waals surface area contributed by atoms with Crippen molar-refractivity contribution in [2.75, 3.05) is 4.90 Å². The van der Waals surface area contributed by atoms with Crippen LogP contribution in [0, 0.1) is 0 Å². The molecule has 0 radical (unpaired) electrons. The minimum atomic E-state index is 0.869. The summed E-state index contributed by atoms with van der Waals surface area (Å²) >= 11 is 0. The van der Waals surface area contributed by atoms with Crippen LogP contribution in [0.15, 0.2) is 209 Å². The number of hydrogen-bond acceptors (Lipinski definition) is 3. The first-order valence-electron chi connectivity index (χ1n) is 18.7. The number of hydrogen-bond donors (Lipinski definition) is 0. The van der Waals surface area contributed by atoms with E-state index in [1.54, 1.807) is 0 Å². The van der Waals surface area contributed by atoms with E-state index >= 15 is 0 Å². The maximum atomic E-state index is 6.89. The zero-order valence-corrected chi connectivity index (χ0v) is 29.8. The number of furan rings is 2. The van der Waals surface area contributed by atoms with Gasteiger partial charge in [0, 0.05) is 44.0 Å². The molecule has 0 amide bonds. The van der Waals surface area contributed by atoms with Crippen molar-refractivity contribution in [3.8, 4) is 33.4 Å². The highest BCUT2D eigenvalue weighted by atomic mass is 16.3. The van der Waals surface area contributed by atoms with Gasteiger partial charge in [-0.15, -0.1) is 0 Å². The van der Waals surface area contributed by atoms with Crippen LogP contribution in [-0.2, 0) is 0 Å². The third kappa shape index (κ3) is 5.20. The number of benzene rings is 9. The van der Waals surface area contributed by atoms with Crippen LogP contribution in [0.1, 0.15) is 0 Å². The molecule has 9 aromatic carbocycles. The van der Waals surface area contributed by atoms with Crippen LogP contribution in [0.3, 0.4) is 0 Å². The van der Waals surface area contributed by atoms with Crippen molar-refractivity contribution < 1.29 is 8.83 Å². The molecule has 2 heterocycles. The molecular formula is C52H33NO2. The van der Waals surface area contributed by atoms with E-state index in [9.17, 15) is 0 Å². The van der Waals surface area contributed by atoms with Gasteiger partial charge >= 0.3 is 0 Å². The second kappa shape index (κ2) is 12.6. The van der Waals surface area contributed by atoms with Gasteiger partial charge in [-0.2, -0.15) is 0 Å². The van der Waals surface area contributed by atoms with Gasteiger partial charge in [-0.3, -0.25) is 0 Å². The fourth-order valence-corrected chi connectivity index (χ4v) is 8.21. The van der Waals surface area contributed by atoms with Gasteiger partial charge in [0.25, 0.3) is 0 Å². The molecule has 2 aromatic heterocycles. The third-order valence-corrected chi connectivity index (χ3v) is 10.9. The van der Waals surface area contributed by atoms with Crippen molar-refractivity contribution in [3.63, 3.8) is 0 Å². The van der Waals surface area contributed by atoms with Crippen LogP contribution in [0.5, 0.6) is 0 Å². The fraction of sp³-hybridized carbons (Fsp3) is 0. The highest BCUT2D eigenvalue weighted by molar-refractivity contribution is 6.16. The molecule has 0 bridgehead atoms. The van der Waals surface area contributed by atoms with Crippen LogP contribution in [0.2, 0.25) is 0 Å². The lowest BCUT2D eigenvalue weighted by molar-refractivity contribution is 0.670. The Bertz CT molecular complexity index is 3180. The molecule has 0 spiro atoms. The number of fused-ring (bicyclic) bond motifs is 7. The Labute approximate surface area is 317 Å². The number of para-hydroxylation sites is 2. The minimum absolute atomic E-state index is 0.869. The molecule has 0 atom stereocenters. The molecule has 0 aliphatic heterocycles. The van der Waals surface area contributed by atoms with E-state index in [0.717, 1.165) is 88.6 Å². The summed E-state index contributed by atoms with van der Waals surface area (Å²) in [5.74, 6) is 0. The SMILES string of the molecule is c1ccc(-c2ccc(N(c3ccc(-c4cccc5c4oc4ccccc45)cc3)c3ccc4c(oc5cc6ccccc6cc54)c3-c3ccccc3)cc2)cc1. The first-order valence-corrected chi connectivity index (χ1v) is 18.7. The zero-order chi connectivity index (χ0) is 36.3. The van der Waals surface area contributed by atoms with Gasteiger partial charge in [0.05, 0.1) is 5.69 Å². The van der Waals surface area contributed by atoms with Crippen LogP contribution < -0.4 is 4.90 Å². The molecule has 0 saturated carbocycles. The summed E-state index contributed by atoms with van der Waals surface area (Å²) in [6.45, 7) is 0. The van der Waals surface area contributed by atoms with Gasteiger partial charge in [0.1, 0.15) is 22.3 Å². The lowest BCUT2D eigenvalue weighted by Gasteiger charge is -2.28. The summed E-state index contributed by atoms with van der Waals surface area (Å²) in [5, 5.41) is 6.81. The molecule has 258 valence electrons. The molecule has 0 aliphatic rings. The minimum Gasteiger partial charge on any atom is -0.455 e. The van der Waals surface area contributed by atoms with E-state index in [0.29, 0.717) is 0 Å². The molecule has 0 aliphatic carbocycles. The third-order valence-electron chi connectivity index (χ3n) is 10.9. The number of anilines is 3. The Morgan fingerprint density at radius 1 is 0.327 bits per heavy atom. The summed E-state index contributed by atoms with van der Waals surface area (Å²) in [4.78, 5) is 2.35. The zero-order valence-electron chi connectivity index (χ0n) is 29.8. The Morgan fingerprint density at radius 3 is 1.64 bits per heavy atom. The predicted molar refractivity (Wildman–Crippen MR) is 229 cm³/mol. The number of rotatable bonds is 6. The van der Waals surface area contributed by atoms with Gasteiger partial charge < -0.3 is 13.7 Å². The molecule has 0 unspecified atom stereocenters. The molecule has 11 rings (SSSR count). The molecule has 0 N–H and O–H groups in total. The Kier molecular flexibility index (Phi) is 7.17. The van der Waals surface area contributed by atoms with Crippen molar-refractivity contribution >= 4 is 71.7 Å². The maximum Gasteiger partial charge on any atom is 0.145 e. The second-order valence-corrected chi connectivity index (χ2v) is 14.1. The van der Waals surface area contributed by atoms with Crippen LogP contribution in [0.4, 0.5) is 17.1 Å². The van der Waals surface area contributed by atoms with E-state index in [-0.39, 0.29) is 0 Å². The Balaban J connectivity index is 1.12. The molecular weight excluding hydrogens is 671 g/mol. The van der Waals surface area contributed by atoms with Gasteiger partial charge in [-0.1, -0.05) is 146 Å². The number of nitrogens with zero attached hydrogens (tertiary/aromatic N) is 1. The van der Waals surface area contributed by atoms with Crippen molar-refractivity contribution in [2.45, 2.75) is 0 Å². The monoisotopic (exact) mass is 703 g/mol. The highest BCUT2D eigenvalue weighted by Crippen LogP contribution is 2.47. The second-order valence-electron chi connectivity index (χ2n) is 14.1. The van der Waals surface area contributed by atoms with Gasteiger partial charge in [-0.05, 0) is 87.6 Å². The van der Waals surface area contributed by atoms with Crippen LogP contribution in [0.25, 0.3) is 88.0 Å². The van der Waals surface area contributed by atoms with E-state index in [1.165, 1.54) is 16.5 Å². The lowest BCUT2D eigenvalue weighted by atomic mass is 9.97. The van der Waals surface area contributed by atoms with Gasteiger partial charge in [0.15, 0.2) is 0 Å². The Morgan fingerprint density at radius 2 is 0.891 bits per heavy atom. The quantitative estimate of drug-likeness (QED) is 0.173. The largest absolute Gasteiger partial charge is 0.455 e. The average Bonchev–Trinajstić information content (AvgIpc) is 3.82. The van der Waals surface area contributed by atoms with Gasteiger partial charge in [-0.25, -0.2) is 0 Å². The van der Waals surface area contributed by atoms with Gasteiger partial charge in [0.2, 0.25) is 0 Å². The summed E-state index contributed by atoms with van der Waals surface area (Å²) in [7, 11) is 0. The van der Waals surface area contributed by atoms with E-state index in [1.807, 2.05) is 12.1 Å². The summed E-state index contributed by atoms with van der Waals surface area (Å²) < 4.78 is 13.3. The smallest absolute Gasteiger partial charge is 0.145 e. The van der Waals surface area contributed by atoms with Crippen LogP contribution in [-0.4, -0.2) is 0 Å². The first kappa shape index (κ1) is 31.2. The topological polar surface area (TPSA) is 29.5 Å². The summed E-state index contributed by atoms with van der Waals surface area (Å²) in [5.41, 5.74) is 13.3. The standard InChI is InChI=1S/C52H33NO2/c1-3-12-34(13-4-1)35-22-26-40(27-23-35)53(41-28-24-36(25-29-41)42-19-11-20-44-43-18-9-10-21-48(43)54-51(42)44)47-31-30-45-46-32-38-16-7-8-17-39(38)33-49(46)55-52(45)50(47)37-14-5-2-6-15-37/h1-33H.